The maximum absolute atomic E-state index is 14.0. The van der Waals surface area contributed by atoms with E-state index in [1.165, 1.54) is 37.3 Å². The fraction of sp³-hybridized carbons (Fsp3) is 0.160. The van der Waals surface area contributed by atoms with Crippen LogP contribution in [0.15, 0.2) is 53.3 Å². The Kier molecular flexibility index (Phi) is 7.71. The van der Waals surface area contributed by atoms with Gasteiger partial charge >= 0.3 is 6.36 Å². The van der Waals surface area contributed by atoms with E-state index < -0.39 is 48.1 Å². The molecule has 0 aliphatic carbocycles. The molecule has 0 spiro atoms. The number of benzene rings is 3. The maximum Gasteiger partial charge on any atom is 0.573 e. The third-order valence-electron chi connectivity index (χ3n) is 5.59. The largest absolute Gasteiger partial charge is 0.573 e. The summed E-state index contributed by atoms with van der Waals surface area (Å²) in [6.07, 6.45) is -8.33. The van der Waals surface area contributed by atoms with Gasteiger partial charge < -0.3 is 15.2 Å². The highest BCUT2D eigenvalue weighted by molar-refractivity contribution is 6.37. The van der Waals surface area contributed by atoms with Crippen LogP contribution in [0.1, 0.15) is 33.7 Å². The van der Waals surface area contributed by atoms with Crippen LogP contribution in [0.5, 0.6) is 11.5 Å². The number of amides is 1. The molecule has 204 valence electrons. The Morgan fingerprint density at radius 2 is 1.77 bits per heavy atom. The van der Waals surface area contributed by atoms with Crippen molar-refractivity contribution in [2.24, 2.45) is 0 Å². The van der Waals surface area contributed by atoms with Crippen molar-refractivity contribution < 1.29 is 36.6 Å². The van der Waals surface area contributed by atoms with Gasteiger partial charge in [0.05, 0.1) is 33.2 Å². The zero-order chi connectivity index (χ0) is 28.6. The van der Waals surface area contributed by atoms with Crippen LogP contribution >= 0.6 is 23.2 Å². The summed E-state index contributed by atoms with van der Waals surface area (Å²) in [5.74, 6) is -2.93. The van der Waals surface area contributed by atoms with Crippen LogP contribution in [0.25, 0.3) is 10.9 Å². The lowest BCUT2D eigenvalue weighted by Crippen LogP contribution is -2.28. The van der Waals surface area contributed by atoms with E-state index >= 15 is 0 Å². The average Bonchev–Trinajstić information content (AvgIpc) is 2.85. The van der Waals surface area contributed by atoms with Crippen molar-refractivity contribution in [2.75, 3.05) is 5.32 Å². The fourth-order valence-electron chi connectivity index (χ4n) is 3.81. The molecule has 14 heteroatoms. The Hall–Kier alpha value is -3.90. The summed E-state index contributed by atoms with van der Waals surface area (Å²) in [5, 5.41) is 11.5. The number of phenolic OH excluding ortho intramolecular Hbond substituents is 1. The molecule has 1 amide bonds. The number of para-hydroxylation sites is 1. The molecule has 0 saturated carbocycles. The van der Waals surface area contributed by atoms with E-state index in [9.17, 15) is 36.6 Å². The number of carbonyl (C=O) groups is 1. The number of nitrogens with one attached hydrogen (secondary N) is 1. The molecule has 7 nitrogen and oxygen atoms in total. The molecule has 4 aromatic rings. The van der Waals surface area contributed by atoms with Gasteiger partial charge in [0, 0.05) is 11.1 Å². The summed E-state index contributed by atoms with van der Waals surface area (Å²) < 4.78 is 71.3. The molecule has 0 fully saturated rings. The Labute approximate surface area is 226 Å². The Bertz CT molecular complexity index is 1630. The normalized spacial score (nSPS) is 11.7. The number of fused-ring (bicyclic) bond motifs is 1. The van der Waals surface area contributed by atoms with Crippen LogP contribution in [-0.2, 0) is 6.54 Å². The minimum atomic E-state index is -5.07. The molecule has 0 aliphatic rings. The van der Waals surface area contributed by atoms with Crippen molar-refractivity contribution >= 4 is 45.7 Å². The first kappa shape index (κ1) is 28.1. The smallest absolute Gasteiger partial charge is 0.505 e. The molecule has 4 rings (SSSR count). The summed E-state index contributed by atoms with van der Waals surface area (Å²) >= 11 is 11.8. The molecular formula is C25H16Cl2F5N3O4. The Morgan fingerprint density at radius 3 is 2.38 bits per heavy atom. The molecule has 0 unspecified atom stereocenters. The van der Waals surface area contributed by atoms with Crippen molar-refractivity contribution in [2.45, 2.75) is 26.3 Å². The van der Waals surface area contributed by atoms with Crippen molar-refractivity contribution in [3.05, 3.63) is 91.4 Å². The first-order chi connectivity index (χ1) is 18.3. The van der Waals surface area contributed by atoms with Gasteiger partial charge in [0.15, 0.2) is 11.6 Å². The molecule has 0 radical (unpaired) electrons. The van der Waals surface area contributed by atoms with Crippen LogP contribution in [0.2, 0.25) is 10.0 Å². The van der Waals surface area contributed by atoms with Crippen LogP contribution in [0, 0.1) is 6.92 Å². The molecule has 0 bridgehead atoms. The van der Waals surface area contributed by atoms with E-state index in [-0.39, 0.29) is 37.8 Å². The monoisotopic (exact) mass is 587 g/mol. The molecule has 2 N–H and O–H groups in total. The molecule has 1 aromatic heterocycles. The van der Waals surface area contributed by atoms with E-state index in [0.29, 0.717) is 10.1 Å². The summed E-state index contributed by atoms with van der Waals surface area (Å²) in [4.78, 5) is 30.5. The molecule has 0 aliphatic heterocycles. The number of carbonyl (C=O) groups excluding carboxylic acids is 1. The van der Waals surface area contributed by atoms with E-state index in [2.05, 4.69) is 15.0 Å². The second-order valence-electron chi connectivity index (χ2n) is 8.21. The first-order valence-corrected chi connectivity index (χ1v) is 11.7. The van der Waals surface area contributed by atoms with Gasteiger partial charge in [-0.25, -0.2) is 13.8 Å². The number of anilines is 1. The Balaban J connectivity index is 1.87. The minimum Gasteiger partial charge on any atom is -0.505 e. The highest BCUT2D eigenvalue weighted by Crippen LogP contribution is 2.34. The number of phenols is 1. The van der Waals surface area contributed by atoms with Gasteiger partial charge in [0.2, 0.25) is 0 Å². The number of nitrogens with zero attached hydrogens (tertiary/aromatic N) is 2. The quantitative estimate of drug-likeness (QED) is 0.240. The Morgan fingerprint density at radius 1 is 1.13 bits per heavy atom. The number of aromatic nitrogens is 2. The van der Waals surface area contributed by atoms with Crippen molar-refractivity contribution in [3.63, 3.8) is 0 Å². The lowest BCUT2D eigenvalue weighted by Gasteiger charge is -2.18. The van der Waals surface area contributed by atoms with Crippen LogP contribution in [-0.4, -0.2) is 26.9 Å². The highest BCUT2D eigenvalue weighted by atomic mass is 35.5. The molecule has 0 atom stereocenters. The predicted octanol–water partition coefficient (Wildman–Crippen LogP) is 6.85. The number of aryl methyl sites for hydroxylation is 1. The van der Waals surface area contributed by atoms with Crippen LogP contribution in [0.4, 0.5) is 27.6 Å². The van der Waals surface area contributed by atoms with E-state index in [1.807, 2.05) is 0 Å². The molecule has 1 heterocycles. The predicted molar refractivity (Wildman–Crippen MR) is 134 cm³/mol. The van der Waals surface area contributed by atoms with Crippen LogP contribution in [0.3, 0.4) is 0 Å². The summed E-state index contributed by atoms with van der Waals surface area (Å²) in [7, 11) is 0. The summed E-state index contributed by atoms with van der Waals surface area (Å²) in [5.41, 5.74) is -1.29. The van der Waals surface area contributed by atoms with Gasteiger partial charge in [0.1, 0.15) is 5.75 Å². The van der Waals surface area contributed by atoms with Gasteiger partial charge in [-0.2, -0.15) is 0 Å². The van der Waals surface area contributed by atoms with Gasteiger partial charge in [0.25, 0.3) is 17.9 Å². The number of hydrogen-bond acceptors (Lipinski definition) is 5. The number of alkyl halides is 5. The molecule has 39 heavy (non-hydrogen) atoms. The average molecular weight is 588 g/mol. The molecular weight excluding hydrogens is 572 g/mol. The highest BCUT2D eigenvalue weighted by Gasteiger charge is 2.32. The second-order valence-corrected chi connectivity index (χ2v) is 9.03. The van der Waals surface area contributed by atoms with Crippen molar-refractivity contribution in [1.82, 2.24) is 9.55 Å². The standard InChI is InChI=1S/C25H16Cl2F5N3O4/c1-11-6-7-16(33-23(37)13-8-14(26)20(36)15(27)9-13)18-19(11)34-22(21(28)29)35(24(18)38)10-12-4-2-3-5-17(12)39-25(30,31)32/h2-9,21,36H,10H2,1H3,(H,33,37). The third kappa shape index (κ3) is 5.91. The maximum atomic E-state index is 14.0. The zero-order valence-electron chi connectivity index (χ0n) is 19.6. The van der Waals surface area contributed by atoms with Gasteiger partial charge in [-0.3, -0.25) is 14.2 Å². The number of aromatic hydroxyl groups is 1. The van der Waals surface area contributed by atoms with E-state index in [0.717, 1.165) is 18.2 Å². The minimum absolute atomic E-state index is 0.0905. The van der Waals surface area contributed by atoms with Gasteiger partial charge in [-0.15, -0.1) is 13.2 Å². The fourth-order valence-corrected chi connectivity index (χ4v) is 4.30. The summed E-state index contributed by atoms with van der Waals surface area (Å²) in [6.45, 7) is 0.768. The number of hydrogen-bond donors (Lipinski definition) is 2. The molecule has 0 saturated heterocycles. The number of halogens is 7. The first-order valence-electron chi connectivity index (χ1n) is 10.9. The van der Waals surface area contributed by atoms with E-state index in [4.69, 9.17) is 23.2 Å². The summed E-state index contributed by atoms with van der Waals surface area (Å²) in [6, 6.07) is 9.79. The van der Waals surface area contributed by atoms with Crippen molar-refractivity contribution in [1.29, 1.82) is 0 Å². The van der Waals surface area contributed by atoms with Gasteiger partial charge in [-0.05, 0) is 36.8 Å². The zero-order valence-corrected chi connectivity index (χ0v) is 21.1. The van der Waals surface area contributed by atoms with Crippen molar-refractivity contribution in [3.8, 4) is 11.5 Å². The third-order valence-corrected chi connectivity index (χ3v) is 6.17. The lowest BCUT2D eigenvalue weighted by atomic mass is 10.1. The van der Waals surface area contributed by atoms with Gasteiger partial charge in [-0.1, -0.05) is 47.5 Å². The number of ether oxygens (including phenoxy) is 1. The van der Waals surface area contributed by atoms with Crippen LogP contribution < -0.4 is 15.6 Å². The number of rotatable bonds is 6. The lowest BCUT2D eigenvalue weighted by molar-refractivity contribution is -0.274. The SMILES string of the molecule is Cc1ccc(NC(=O)c2cc(Cl)c(O)c(Cl)c2)c2c(=O)n(Cc3ccccc3OC(F)(F)F)c(C(F)F)nc12. The second kappa shape index (κ2) is 10.7. The topological polar surface area (TPSA) is 93.5 Å². The van der Waals surface area contributed by atoms with E-state index in [1.54, 1.807) is 0 Å². The molecule has 3 aromatic carbocycles.